The zero-order chi connectivity index (χ0) is 34.3. The van der Waals surface area contributed by atoms with Crippen molar-refractivity contribution in [3.05, 3.63) is 95.3 Å². The monoisotopic (exact) mass is 678 g/mol. The summed E-state index contributed by atoms with van der Waals surface area (Å²) in [6.07, 6.45) is 4.22. The van der Waals surface area contributed by atoms with Gasteiger partial charge in [-0.1, -0.05) is 63.2 Å². The molecule has 4 unspecified atom stereocenters. The van der Waals surface area contributed by atoms with Gasteiger partial charge in [0.15, 0.2) is 23.4 Å². The minimum absolute atomic E-state index is 0.0781. The first-order chi connectivity index (χ1) is 24.8. The number of rotatable bonds is 3. The molecular formula is C40H34N6O5. The smallest absolute Gasteiger partial charge is 0.249 e. The number of carbonyl (C=O) groups is 2. The summed E-state index contributed by atoms with van der Waals surface area (Å²) < 4.78 is 20.5. The molecule has 3 aromatic heterocycles. The maximum atomic E-state index is 14.2. The Morgan fingerprint density at radius 3 is 2.71 bits per heavy atom. The summed E-state index contributed by atoms with van der Waals surface area (Å²) in [5.74, 6) is 2.18. The van der Waals surface area contributed by atoms with Gasteiger partial charge < -0.3 is 34.5 Å². The second-order valence-electron chi connectivity index (χ2n) is 15.0. The lowest BCUT2D eigenvalue weighted by molar-refractivity contribution is -0.130. The molecule has 6 atom stereocenters. The number of nitrogens with zero attached hydrogens (tertiary/aromatic N) is 2. The number of hydrogen-bond donors (Lipinski definition) is 4. The highest BCUT2D eigenvalue weighted by Crippen LogP contribution is 2.61. The first-order valence-corrected chi connectivity index (χ1v) is 17.7. The van der Waals surface area contributed by atoms with Crippen LogP contribution in [0.25, 0.3) is 44.9 Å². The van der Waals surface area contributed by atoms with Gasteiger partial charge in [-0.25, -0.2) is 9.97 Å². The van der Waals surface area contributed by atoms with Gasteiger partial charge in [0.1, 0.15) is 23.2 Å². The van der Waals surface area contributed by atoms with Gasteiger partial charge in [-0.15, -0.1) is 0 Å². The number of oxazole rings is 2. The van der Waals surface area contributed by atoms with Crippen molar-refractivity contribution in [3.63, 3.8) is 0 Å². The van der Waals surface area contributed by atoms with Crippen LogP contribution >= 0.6 is 0 Å². The Morgan fingerprint density at radius 1 is 1.02 bits per heavy atom. The van der Waals surface area contributed by atoms with Crippen LogP contribution < -0.4 is 20.7 Å². The van der Waals surface area contributed by atoms with Gasteiger partial charge in [-0.05, 0) is 41.5 Å². The summed E-state index contributed by atoms with van der Waals surface area (Å²) in [6.45, 7) is 6.08. The lowest BCUT2D eigenvalue weighted by Crippen LogP contribution is -2.50. The van der Waals surface area contributed by atoms with Crippen LogP contribution in [0.15, 0.2) is 75.8 Å². The van der Waals surface area contributed by atoms with E-state index in [9.17, 15) is 9.59 Å². The molecule has 11 rings (SSSR count). The molecule has 11 heteroatoms. The van der Waals surface area contributed by atoms with Crippen LogP contribution in [0.4, 0.5) is 5.69 Å². The van der Waals surface area contributed by atoms with Crippen LogP contribution in [0.5, 0.6) is 5.75 Å². The molecule has 51 heavy (non-hydrogen) atoms. The van der Waals surface area contributed by atoms with Crippen LogP contribution in [0.3, 0.4) is 0 Å². The average molecular weight is 679 g/mol. The van der Waals surface area contributed by atoms with E-state index in [1.165, 1.54) is 0 Å². The fraction of sp³-hybridized carbons (Fsp3) is 0.300. The molecule has 0 radical (unpaired) electrons. The quantitative estimate of drug-likeness (QED) is 0.167. The Morgan fingerprint density at radius 2 is 1.86 bits per heavy atom. The van der Waals surface area contributed by atoms with Crippen LogP contribution in [0.1, 0.15) is 61.6 Å². The van der Waals surface area contributed by atoms with Gasteiger partial charge in [-0.2, -0.15) is 0 Å². The number of amides is 2. The standard InChI is InChI=1S/C40H34N6O5/c1-17(2)31-38-45-33-34(51-38)40-24-8-4-7-21(20-6-5-9-26-30(20)23(15-41-26)29-16-42-37(33)49-29)32(24)46-39(40)50-28-11-10-19(13-25(28)40)14-27(36(48)44-31)43-35(47)22-12-18(22)3/h4-11,13,15-18,22,27,31,39,41,46H,12,14H2,1-3H3,(H,43,47)(H,44,48)/t18?,22?,27-,31-,39?,40?/m0/s1. The van der Waals surface area contributed by atoms with Crippen molar-refractivity contribution >= 4 is 28.4 Å². The number of aromatic amines is 1. The van der Waals surface area contributed by atoms with E-state index in [0.29, 0.717) is 47.1 Å². The molecule has 1 aliphatic carbocycles. The minimum Gasteiger partial charge on any atom is -0.469 e. The lowest BCUT2D eigenvalue weighted by Gasteiger charge is -2.29. The molecule has 0 saturated heterocycles. The van der Waals surface area contributed by atoms with E-state index in [-0.39, 0.29) is 23.7 Å². The van der Waals surface area contributed by atoms with E-state index in [1.54, 1.807) is 6.20 Å². The molecule has 5 aliphatic rings. The summed E-state index contributed by atoms with van der Waals surface area (Å²) in [7, 11) is 0. The van der Waals surface area contributed by atoms with Crippen LogP contribution in [-0.4, -0.2) is 39.0 Å². The molecule has 7 heterocycles. The Balaban J connectivity index is 1.22. The van der Waals surface area contributed by atoms with Crippen LogP contribution in [0.2, 0.25) is 0 Å². The Bertz CT molecular complexity index is 2490. The summed E-state index contributed by atoms with van der Waals surface area (Å²) in [4.78, 5) is 40.8. The number of para-hydroxylation sites is 1. The van der Waals surface area contributed by atoms with Gasteiger partial charge >= 0.3 is 0 Å². The SMILES string of the molecule is CC1CC1C(=O)N[C@H]1Cc2ccc3c(c2)C24c5cccc(c5NC2O3)-c2cccc3[nH]cc(c23)-c2cnc(o2)-c2nc(oc24)[C@H](C(C)C)NC1=O. The minimum atomic E-state index is -1.01. The number of nitrogens with one attached hydrogen (secondary N) is 4. The summed E-state index contributed by atoms with van der Waals surface area (Å²) in [5.41, 5.74) is 7.02. The topological polar surface area (TPSA) is 147 Å². The molecule has 10 bridgehead atoms. The van der Waals surface area contributed by atoms with Crippen molar-refractivity contribution in [2.45, 2.75) is 57.3 Å². The third-order valence-electron chi connectivity index (χ3n) is 11.6. The zero-order valence-electron chi connectivity index (χ0n) is 28.2. The number of carbonyl (C=O) groups excluding carboxylic acids is 2. The second-order valence-corrected chi connectivity index (χ2v) is 15.0. The molecule has 3 aromatic carbocycles. The van der Waals surface area contributed by atoms with E-state index in [1.807, 2.05) is 32.2 Å². The van der Waals surface area contributed by atoms with Gasteiger partial charge in [0.25, 0.3) is 0 Å². The highest BCUT2D eigenvalue weighted by atomic mass is 16.5. The van der Waals surface area contributed by atoms with Gasteiger partial charge in [0.2, 0.25) is 23.6 Å². The normalized spacial score (nSPS) is 26.0. The van der Waals surface area contributed by atoms with Crippen molar-refractivity contribution in [1.29, 1.82) is 0 Å². The molecule has 6 aromatic rings. The first kappa shape index (κ1) is 28.9. The van der Waals surface area contributed by atoms with E-state index in [2.05, 4.69) is 70.3 Å². The Kier molecular flexibility index (Phi) is 5.62. The average Bonchev–Trinajstić information content (AvgIpc) is 3.67. The van der Waals surface area contributed by atoms with E-state index < -0.39 is 23.7 Å². The van der Waals surface area contributed by atoms with E-state index in [0.717, 1.165) is 56.4 Å². The van der Waals surface area contributed by atoms with Crippen molar-refractivity contribution in [2.24, 2.45) is 17.8 Å². The number of benzene rings is 3. The van der Waals surface area contributed by atoms with Crippen LogP contribution in [-0.2, 0) is 21.4 Å². The molecule has 1 fully saturated rings. The number of H-pyrrole nitrogens is 1. The number of aromatic nitrogens is 3. The van der Waals surface area contributed by atoms with Crippen molar-refractivity contribution in [3.8, 4) is 39.8 Å². The number of fused-ring (bicyclic) bond motifs is 7. The van der Waals surface area contributed by atoms with Gasteiger partial charge in [0.05, 0.1) is 6.20 Å². The first-order valence-electron chi connectivity index (χ1n) is 17.7. The highest BCUT2D eigenvalue weighted by Gasteiger charge is 2.61. The summed E-state index contributed by atoms with van der Waals surface area (Å²) >= 11 is 0. The zero-order valence-corrected chi connectivity index (χ0v) is 28.2. The maximum Gasteiger partial charge on any atom is 0.249 e. The molecule has 2 amide bonds. The van der Waals surface area contributed by atoms with E-state index in [4.69, 9.17) is 23.5 Å². The Hall–Kier alpha value is -5.84. The predicted octanol–water partition coefficient (Wildman–Crippen LogP) is 6.45. The second kappa shape index (κ2) is 9.90. The number of anilines is 1. The fourth-order valence-corrected chi connectivity index (χ4v) is 8.82. The lowest BCUT2D eigenvalue weighted by atomic mass is 9.72. The Labute approximate surface area is 292 Å². The molecule has 4 N–H and O–H groups in total. The molecule has 4 aliphatic heterocycles. The molecule has 1 spiro atoms. The molecular weight excluding hydrogens is 644 g/mol. The number of ether oxygens (including phenoxy) is 1. The van der Waals surface area contributed by atoms with Gasteiger partial charge in [0, 0.05) is 57.4 Å². The number of hydrogen-bond acceptors (Lipinski definition) is 8. The fourth-order valence-electron chi connectivity index (χ4n) is 8.82. The predicted molar refractivity (Wildman–Crippen MR) is 188 cm³/mol. The maximum absolute atomic E-state index is 14.2. The highest BCUT2D eigenvalue weighted by molar-refractivity contribution is 6.07. The van der Waals surface area contributed by atoms with Crippen molar-refractivity contribution in [1.82, 2.24) is 25.6 Å². The third-order valence-corrected chi connectivity index (χ3v) is 11.6. The molecule has 11 nitrogen and oxygen atoms in total. The van der Waals surface area contributed by atoms with Gasteiger partial charge in [-0.3, -0.25) is 9.59 Å². The largest absolute Gasteiger partial charge is 0.469 e. The van der Waals surface area contributed by atoms with Crippen molar-refractivity contribution < 1.29 is 23.2 Å². The summed E-state index contributed by atoms with van der Waals surface area (Å²) in [6, 6.07) is 17.2. The van der Waals surface area contributed by atoms with Crippen LogP contribution in [0, 0.1) is 17.8 Å². The molecule has 254 valence electrons. The van der Waals surface area contributed by atoms with E-state index >= 15 is 0 Å². The molecule has 1 saturated carbocycles. The van der Waals surface area contributed by atoms with Crippen molar-refractivity contribution in [2.75, 3.05) is 5.32 Å². The summed E-state index contributed by atoms with van der Waals surface area (Å²) in [5, 5.41) is 11.1. The third kappa shape index (κ3) is 3.83.